The summed E-state index contributed by atoms with van der Waals surface area (Å²) in [5.41, 5.74) is 8.84. The fourth-order valence-corrected chi connectivity index (χ4v) is 2.71. The van der Waals surface area contributed by atoms with Crippen molar-refractivity contribution < 1.29 is 0 Å². The molecule has 0 heterocycles. The van der Waals surface area contributed by atoms with Gasteiger partial charge in [0.1, 0.15) is 0 Å². The summed E-state index contributed by atoms with van der Waals surface area (Å²) in [6, 6.07) is 6.77. The Balaban J connectivity index is 2.10. The molecule has 0 saturated heterocycles. The molecule has 1 aliphatic carbocycles. The van der Waals surface area contributed by atoms with E-state index in [-0.39, 0.29) is 5.54 Å². The van der Waals surface area contributed by atoms with E-state index in [1.165, 1.54) is 16.0 Å². The topological polar surface area (TPSA) is 26.0 Å². The molecule has 0 aliphatic heterocycles. The van der Waals surface area contributed by atoms with Crippen molar-refractivity contribution in [3.05, 3.63) is 35.4 Å². The zero-order valence-corrected chi connectivity index (χ0v) is 11.7. The fraction of sp³-hybridized carbons (Fsp3) is 0.467. The molecule has 0 radical (unpaired) electrons. The third-order valence-corrected chi connectivity index (χ3v) is 4.03. The molecule has 0 amide bonds. The van der Waals surface area contributed by atoms with Crippen LogP contribution < -0.4 is 5.73 Å². The largest absolute Gasteiger partial charge is 0.326 e. The van der Waals surface area contributed by atoms with E-state index in [0.717, 1.165) is 12.8 Å². The molecule has 1 atom stereocenters. The van der Waals surface area contributed by atoms with Crippen LogP contribution in [-0.2, 0) is 0 Å². The Morgan fingerprint density at radius 3 is 2.76 bits per heavy atom. The number of rotatable bonds is 4. The molecular weight excluding hydrogens is 226 g/mol. The van der Waals surface area contributed by atoms with Crippen LogP contribution in [-0.4, -0.2) is 11.8 Å². The zero-order valence-electron chi connectivity index (χ0n) is 10.9. The molecule has 0 saturated carbocycles. The van der Waals surface area contributed by atoms with Gasteiger partial charge in [-0.15, -0.1) is 11.8 Å². The molecule has 17 heavy (non-hydrogen) atoms. The number of thioether (sulfide) groups is 1. The first-order valence-electron chi connectivity index (χ1n) is 6.14. The van der Waals surface area contributed by atoms with Gasteiger partial charge in [-0.05, 0) is 56.2 Å². The Morgan fingerprint density at radius 1 is 1.35 bits per heavy atom. The van der Waals surface area contributed by atoms with E-state index in [1.54, 1.807) is 11.8 Å². The van der Waals surface area contributed by atoms with Crippen LogP contribution in [0.3, 0.4) is 0 Å². The van der Waals surface area contributed by atoms with Crippen molar-refractivity contribution in [2.75, 3.05) is 6.26 Å². The SMILES string of the molecule is CSc1ccc2c(c1)C=CC2CCC(C)(C)N. The highest BCUT2D eigenvalue weighted by molar-refractivity contribution is 7.98. The normalized spacial score (nSPS) is 18.5. The maximum absolute atomic E-state index is 6.05. The third-order valence-electron chi connectivity index (χ3n) is 3.30. The average Bonchev–Trinajstić information content (AvgIpc) is 2.67. The van der Waals surface area contributed by atoms with Gasteiger partial charge in [-0.25, -0.2) is 0 Å². The molecule has 2 rings (SSSR count). The molecule has 0 bridgehead atoms. The maximum Gasteiger partial charge on any atom is 0.00973 e. The van der Waals surface area contributed by atoms with Crippen molar-refractivity contribution in [2.24, 2.45) is 5.73 Å². The monoisotopic (exact) mass is 247 g/mol. The van der Waals surface area contributed by atoms with Crippen molar-refractivity contribution in [3.8, 4) is 0 Å². The lowest BCUT2D eigenvalue weighted by molar-refractivity contribution is 0.448. The first kappa shape index (κ1) is 12.7. The fourth-order valence-electron chi connectivity index (χ4n) is 2.26. The van der Waals surface area contributed by atoms with E-state index in [1.807, 2.05) is 0 Å². The van der Waals surface area contributed by atoms with Crippen molar-refractivity contribution in [3.63, 3.8) is 0 Å². The van der Waals surface area contributed by atoms with Gasteiger partial charge in [-0.1, -0.05) is 18.2 Å². The number of allylic oxidation sites excluding steroid dienone is 1. The van der Waals surface area contributed by atoms with Gasteiger partial charge in [0.25, 0.3) is 0 Å². The predicted molar refractivity (Wildman–Crippen MR) is 77.5 cm³/mol. The molecule has 0 aromatic heterocycles. The first-order valence-corrected chi connectivity index (χ1v) is 7.37. The van der Waals surface area contributed by atoms with E-state index in [0.29, 0.717) is 5.92 Å². The van der Waals surface area contributed by atoms with E-state index in [9.17, 15) is 0 Å². The summed E-state index contributed by atoms with van der Waals surface area (Å²) in [7, 11) is 0. The average molecular weight is 247 g/mol. The first-order chi connectivity index (χ1) is 7.99. The molecule has 2 heteroatoms. The summed E-state index contributed by atoms with van der Waals surface area (Å²) in [5, 5.41) is 0. The molecule has 0 fully saturated rings. The second-order valence-electron chi connectivity index (χ2n) is 5.49. The lowest BCUT2D eigenvalue weighted by atomic mass is 9.90. The Bertz CT molecular complexity index is 429. The van der Waals surface area contributed by atoms with Crippen LogP contribution in [0.5, 0.6) is 0 Å². The van der Waals surface area contributed by atoms with Gasteiger partial charge >= 0.3 is 0 Å². The molecule has 0 spiro atoms. The number of hydrogen-bond acceptors (Lipinski definition) is 2. The highest BCUT2D eigenvalue weighted by Crippen LogP contribution is 2.36. The Kier molecular flexibility index (Phi) is 3.64. The minimum absolute atomic E-state index is 0.0597. The van der Waals surface area contributed by atoms with Crippen LogP contribution >= 0.6 is 11.8 Å². The van der Waals surface area contributed by atoms with E-state index < -0.39 is 0 Å². The molecule has 2 N–H and O–H groups in total. The van der Waals surface area contributed by atoms with Crippen molar-refractivity contribution in [1.29, 1.82) is 0 Å². The highest BCUT2D eigenvalue weighted by atomic mass is 32.2. The van der Waals surface area contributed by atoms with Crippen molar-refractivity contribution >= 4 is 17.8 Å². The molecule has 1 nitrogen and oxygen atoms in total. The second-order valence-corrected chi connectivity index (χ2v) is 6.37. The molecule has 92 valence electrons. The van der Waals surface area contributed by atoms with Gasteiger partial charge < -0.3 is 5.73 Å². The van der Waals surface area contributed by atoms with Crippen LogP contribution in [0.15, 0.2) is 29.2 Å². The lowest BCUT2D eigenvalue weighted by Gasteiger charge is -2.20. The second kappa shape index (κ2) is 4.87. The molecule has 1 aliphatic rings. The number of benzene rings is 1. The van der Waals surface area contributed by atoms with Gasteiger partial charge in [0.15, 0.2) is 0 Å². The highest BCUT2D eigenvalue weighted by Gasteiger charge is 2.20. The summed E-state index contributed by atoms with van der Waals surface area (Å²) in [6.45, 7) is 4.20. The minimum atomic E-state index is -0.0597. The summed E-state index contributed by atoms with van der Waals surface area (Å²) >= 11 is 1.80. The van der Waals surface area contributed by atoms with E-state index in [2.05, 4.69) is 50.5 Å². The third kappa shape index (κ3) is 3.14. The van der Waals surface area contributed by atoms with Gasteiger partial charge in [0.2, 0.25) is 0 Å². The number of fused-ring (bicyclic) bond motifs is 1. The van der Waals surface area contributed by atoms with Gasteiger partial charge in [0, 0.05) is 16.4 Å². The van der Waals surface area contributed by atoms with Gasteiger partial charge in [-0.2, -0.15) is 0 Å². The maximum atomic E-state index is 6.05. The van der Waals surface area contributed by atoms with Crippen LogP contribution in [0.1, 0.15) is 43.7 Å². The number of hydrogen-bond donors (Lipinski definition) is 1. The zero-order chi connectivity index (χ0) is 12.5. The van der Waals surface area contributed by atoms with Crippen molar-refractivity contribution in [2.45, 2.75) is 43.0 Å². The standard InChI is InChI=1S/C15H21NS/c1-15(2,16)9-8-11-4-5-12-10-13(17-3)6-7-14(11)12/h4-7,10-11H,8-9,16H2,1-3H3. The van der Waals surface area contributed by atoms with Crippen LogP contribution in [0, 0.1) is 0 Å². The Labute approximate surface area is 108 Å². The quantitative estimate of drug-likeness (QED) is 0.813. The van der Waals surface area contributed by atoms with Crippen LogP contribution in [0.2, 0.25) is 0 Å². The van der Waals surface area contributed by atoms with Gasteiger partial charge in [-0.3, -0.25) is 0 Å². The Morgan fingerprint density at radius 2 is 2.12 bits per heavy atom. The van der Waals surface area contributed by atoms with Gasteiger partial charge in [0.05, 0.1) is 0 Å². The van der Waals surface area contributed by atoms with Crippen molar-refractivity contribution in [1.82, 2.24) is 0 Å². The number of nitrogens with two attached hydrogens (primary N) is 1. The summed E-state index contributed by atoms with van der Waals surface area (Å²) in [6.07, 6.45) is 8.90. The van der Waals surface area contributed by atoms with E-state index in [4.69, 9.17) is 5.73 Å². The van der Waals surface area contributed by atoms with Crippen LogP contribution in [0.25, 0.3) is 6.08 Å². The summed E-state index contributed by atoms with van der Waals surface area (Å²) < 4.78 is 0. The van der Waals surface area contributed by atoms with Crippen LogP contribution in [0.4, 0.5) is 0 Å². The minimum Gasteiger partial charge on any atom is -0.326 e. The van der Waals surface area contributed by atoms with E-state index >= 15 is 0 Å². The molecule has 1 aromatic carbocycles. The Hall–Kier alpha value is -0.730. The molecule has 1 aromatic rings. The summed E-state index contributed by atoms with van der Waals surface area (Å²) in [4.78, 5) is 1.34. The summed E-state index contributed by atoms with van der Waals surface area (Å²) in [5.74, 6) is 0.559. The molecular formula is C15H21NS. The molecule has 1 unspecified atom stereocenters. The lowest BCUT2D eigenvalue weighted by Crippen LogP contribution is -2.31. The predicted octanol–water partition coefficient (Wildman–Crippen LogP) is 4.04. The smallest absolute Gasteiger partial charge is 0.00973 e.